The van der Waals surface area contributed by atoms with Gasteiger partial charge in [-0.1, -0.05) is 38.1 Å². The standard InChI is InChI=1S/C26H24N6O2/c1-26(2,3)22-15-23(31-34-22)30-25(33)29-20-6-4-18(5-7-20)21-16-28-24-14-19(10-13-32(21)24)17-8-11-27-12-9-17/h4-16H,1-3H3,(H2,29,30,31,33). The average Bonchev–Trinajstić information content (AvgIpc) is 3.47. The minimum absolute atomic E-state index is 0.183. The second-order valence-corrected chi connectivity index (χ2v) is 9.01. The molecule has 8 heteroatoms. The molecule has 0 spiro atoms. The molecule has 0 unspecified atom stereocenters. The van der Waals surface area contributed by atoms with Crippen molar-refractivity contribution in [3.63, 3.8) is 0 Å². The summed E-state index contributed by atoms with van der Waals surface area (Å²) < 4.78 is 7.34. The highest BCUT2D eigenvalue weighted by Crippen LogP contribution is 2.27. The molecule has 34 heavy (non-hydrogen) atoms. The van der Waals surface area contributed by atoms with Crippen LogP contribution < -0.4 is 10.6 Å². The van der Waals surface area contributed by atoms with Crippen molar-refractivity contribution >= 4 is 23.2 Å². The monoisotopic (exact) mass is 452 g/mol. The zero-order valence-electron chi connectivity index (χ0n) is 19.1. The van der Waals surface area contributed by atoms with E-state index in [4.69, 9.17) is 4.52 Å². The molecule has 0 saturated carbocycles. The Kier molecular flexibility index (Phi) is 5.33. The molecule has 0 aliphatic carbocycles. The highest BCUT2D eigenvalue weighted by Gasteiger charge is 2.20. The van der Waals surface area contributed by atoms with E-state index in [9.17, 15) is 4.79 Å². The Morgan fingerprint density at radius 1 is 0.912 bits per heavy atom. The highest BCUT2D eigenvalue weighted by atomic mass is 16.5. The van der Waals surface area contributed by atoms with Crippen LogP contribution in [-0.4, -0.2) is 25.6 Å². The lowest BCUT2D eigenvalue weighted by Crippen LogP contribution is -2.19. The van der Waals surface area contributed by atoms with Gasteiger partial charge in [-0.3, -0.25) is 14.7 Å². The van der Waals surface area contributed by atoms with Crippen LogP contribution in [0.2, 0.25) is 0 Å². The quantitative estimate of drug-likeness (QED) is 0.349. The first-order valence-corrected chi connectivity index (χ1v) is 10.9. The van der Waals surface area contributed by atoms with Crippen molar-refractivity contribution in [3.05, 3.63) is 85.1 Å². The normalized spacial score (nSPS) is 11.5. The van der Waals surface area contributed by atoms with Crippen LogP contribution in [0.25, 0.3) is 28.0 Å². The predicted molar refractivity (Wildman–Crippen MR) is 132 cm³/mol. The van der Waals surface area contributed by atoms with Gasteiger partial charge in [0.25, 0.3) is 0 Å². The summed E-state index contributed by atoms with van der Waals surface area (Å²) in [6, 6.07) is 17.0. The number of carbonyl (C=O) groups is 1. The van der Waals surface area contributed by atoms with Crippen LogP contribution in [-0.2, 0) is 5.41 Å². The number of aromatic nitrogens is 4. The molecule has 0 bridgehead atoms. The fourth-order valence-corrected chi connectivity index (χ4v) is 3.61. The summed E-state index contributed by atoms with van der Waals surface area (Å²) in [5, 5.41) is 9.42. The van der Waals surface area contributed by atoms with Gasteiger partial charge >= 0.3 is 6.03 Å². The largest absolute Gasteiger partial charge is 0.359 e. The minimum atomic E-state index is -0.389. The first-order chi connectivity index (χ1) is 16.4. The van der Waals surface area contributed by atoms with E-state index in [0.29, 0.717) is 17.3 Å². The van der Waals surface area contributed by atoms with Gasteiger partial charge in [0.1, 0.15) is 11.4 Å². The molecule has 4 aromatic heterocycles. The first-order valence-electron chi connectivity index (χ1n) is 10.9. The number of hydrogen-bond donors (Lipinski definition) is 2. The SMILES string of the molecule is CC(C)(C)c1cc(NC(=O)Nc2ccc(-c3cnc4cc(-c5ccncc5)ccn34)cc2)no1. The second-order valence-electron chi connectivity index (χ2n) is 9.01. The molecule has 0 aliphatic rings. The third-order valence-electron chi connectivity index (χ3n) is 5.46. The summed E-state index contributed by atoms with van der Waals surface area (Å²) in [4.78, 5) is 21.0. The lowest BCUT2D eigenvalue weighted by Gasteiger charge is -2.12. The first kappa shape index (κ1) is 21.4. The number of nitrogens with one attached hydrogen (secondary N) is 2. The molecule has 0 aliphatic heterocycles. The molecule has 1 aromatic carbocycles. The lowest BCUT2D eigenvalue weighted by atomic mass is 9.93. The molecule has 5 aromatic rings. The number of benzene rings is 1. The van der Waals surface area contributed by atoms with Gasteiger partial charge in [0.15, 0.2) is 5.82 Å². The van der Waals surface area contributed by atoms with Crippen LogP contribution >= 0.6 is 0 Å². The van der Waals surface area contributed by atoms with E-state index in [1.54, 1.807) is 18.5 Å². The van der Waals surface area contributed by atoms with E-state index in [0.717, 1.165) is 28.0 Å². The summed E-state index contributed by atoms with van der Waals surface area (Å²) in [6.07, 6.45) is 7.41. The lowest BCUT2D eigenvalue weighted by molar-refractivity contribution is 0.262. The van der Waals surface area contributed by atoms with Crippen LogP contribution in [0.3, 0.4) is 0 Å². The third-order valence-corrected chi connectivity index (χ3v) is 5.46. The average molecular weight is 453 g/mol. The van der Waals surface area contributed by atoms with Crippen molar-refractivity contribution in [2.24, 2.45) is 0 Å². The number of carbonyl (C=O) groups excluding carboxylic acids is 1. The van der Waals surface area contributed by atoms with Crippen LogP contribution in [0.5, 0.6) is 0 Å². The number of fused-ring (bicyclic) bond motifs is 1. The topological polar surface area (TPSA) is 97.3 Å². The molecule has 2 amide bonds. The molecule has 4 heterocycles. The van der Waals surface area contributed by atoms with Gasteiger partial charge in [-0.15, -0.1) is 0 Å². The van der Waals surface area contributed by atoms with Crippen molar-refractivity contribution in [1.29, 1.82) is 0 Å². The fraction of sp³-hybridized carbons (Fsp3) is 0.154. The van der Waals surface area contributed by atoms with Gasteiger partial charge in [-0.05, 0) is 47.5 Å². The Balaban J connectivity index is 1.29. The van der Waals surface area contributed by atoms with E-state index >= 15 is 0 Å². The Bertz CT molecular complexity index is 1450. The molecule has 0 atom stereocenters. The van der Waals surface area contributed by atoms with E-state index < -0.39 is 0 Å². The Morgan fingerprint density at radius 3 is 2.38 bits per heavy atom. The molecular weight excluding hydrogens is 428 g/mol. The van der Waals surface area contributed by atoms with Gasteiger partial charge in [0.2, 0.25) is 0 Å². The molecular formula is C26H24N6O2. The van der Waals surface area contributed by atoms with Crippen LogP contribution in [0.15, 0.2) is 83.9 Å². The second kappa shape index (κ2) is 8.47. The summed E-state index contributed by atoms with van der Waals surface area (Å²) >= 11 is 0. The zero-order chi connectivity index (χ0) is 23.7. The van der Waals surface area contributed by atoms with Crippen molar-refractivity contribution in [1.82, 2.24) is 19.5 Å². The molecule has 170 valence electrons. The third kappa shape index (κ3) is 4.38. The Morgan fingerprint density at radius 2 is 1.68 bits per heavy atom. The number of amides is 2. The maximum atomic E-state index is 12.4. The summed E-state index contributed by atoms with van der Waals surface area (Å²) in [5.74, 6) is 1.07. The number of anilines is 2. The van der Waals surface area contributed by atoms with Crippen molar-refractivity contribution in [2.75, 3.05) is 10.6 Å². The maximum absolute atomic E-state index is 12.4. The molecule has 2 N–H and O–H groups in total. The van der Waals surface area contributed by atoms with Gasteiger partial charge in [0.05, 0.1) is 11.9 Å². The Hall–Kier alpha value is -4.46. The molecule has 0 fully saturated rings. The van der Waals surface area contributed by atoms with Crippen LogP contribution in [0.4, 0.5) is 16.3 Å². The van der Waals surface area contributed by atoms with Crippen molar-refractivity contribution in [2.45, 2.75) is 26.2 Å². The molecule has 0 radical (unpaired) electrons. The zero-order valence-corrected chi connectivity index (χ0v) is 19.1. The summed E-state index contributed by atoms with van der Waals surface area (Å²) in [5.41, 5.74) is 5.46. The molecule has 5 rings (SSSR count). The van der Waals surface area contributed by atoms with Crippen LogP contribution in [0, 0.1) is 0 Å². The molecule has 0 saturated heterocycles. The predicted octanol–water partition coefficient (Wildman–Crippen LogP) is 5.99. The summed E-state index contributed by atoms with van der Waals surface area (Å²) in [6.45, 7) is 6.05. The molecule has 8 nitrogen and oxygen atoms in total. The fourth-order valence-electron chi connectivity index (χ4n) is 3.61. The maximum Gasteiger partial charge on any atom is 0.324 e. The van der Waals surface area contributed by atoms with Crippen molar-refractivity contribution < 1.29 is 9.32 Å². The number of hydrogen-bond acceptors (Lipinski definition) is 5. The minimum Gasteiger partial charge on any atom is -0.359 e. The van der Waals surface area contributed by atoms with Crippen molar-refractivity contribution in [3.8, 4) is 22.4 Å². The number of urea groups is 1. The van der Waals surface area contributed by atoms with Gasteiger partial charge in [0, 0.05) is 41.3 Å². The number of pyridine rings is 2. The van der Waals surface area contributed by atoms with E-state index in [-0.39, 0.29) is 11.4 Å². The highest BCUT2D eigenvalue weighted by molar-refractivity contribution is 5.99. The van der Waals surface area contributed by atoms with E-state index in [2.05, 4.69) is 31.8 Å². The summed E-state index contributed by atoms with van der Waals surface area (Å²) in [7, 11) is 0. The van der Waals surface area contributed by atoms with Gasteiger partial charge in [-0.2, -0.15) is 0 Å². The van der Waals surface area contributed by atoms with E-state index in [1.165, 1.54) is 0 Å². The van der Waals surface area contributed by atoms with Gasteiger partial charge in [-0.25, -0.2) is 9.78 Å². The number of rotatable bonds is 4. The van der Waals surface area contributed by atoms with Gasteiger partial charge < -0.3 is 9.84 Å². The van der Waals surface area contributed by atoms with Crippen LogP contribution in [0.1, 0.15) is 26.5 Å². The number of imidazole rings is 1. The Labute approximate surface area is 196 Å². The smallest absolute Gasteiger partial charge is 0.324 e. The number of nitrogens with zero attached hydrogens (tertiary/aromatic N) is 4. The van der Waals surface area contributed by atoms with E-state index in [1.807, 2.05) is 80.0 Å².